The Kier molecular flexibility index (Phi) is 2.83. The number of para-hydroxylation sites is 2. The topological polar surface area (TPSA) is 32.3 Å². The molecule has 0 spiro atoms. The molecule has 1 aliphatic rings. The molecular formula is C15H14N2O2. The van der Waals surface area contributed by atoms with E-state index in [9.17, 15) is 4.79 Å². The highest BCUT2D eigenvalue weighted by atomic mass is 16.5. The number of carbonyl (C=O) groups excluding carboxylic acids is 1. The lowest BCUT2D eigenvalue weighted by atomic mass is 10.2. The Morgan fingerprint density at radius 3 is 2.42 bits per heavy atom. The molecule has 0 N–H and O–H groups in total. The van der Waals surface area contributed by atoms with E-state index in [4.69, 9.17) is 4.74 Å². The van der Waals surface area contributed by atoms with Crippen LogP contribution in [0.5, 0.6) is 0 Å². The van der Waals surface area contributed by atoms with E-state index in [2.05, 4.69) is 5.01 Å². The third-order valence-electron chi connectivity index (χ3n) is 3.12. The minimum absolute atomic E-state index is 0.310. The molecule has 0 unspecified atom stereocenters. The Hall–Kier alpha value is -2.49. The Morgan fingerprint density at radius 1 is 1.00 bits per heavy atom. The number of rotatable bonds is 3. The minimum atomic E-state index is -0.310. The average molecular weight is 254 g/mol. The number of nitrogens with zero attached hydrogens (tertiary/aromatic N) is 2. The number of hydrazine groups is 1. The second kappa shape index (κ2) is 4.65. The molecular weight excluding hydrogens is 240 g/mol. The minimum Gasteiger partial charge on any atom is -0.465 e. The lowest BCUT2D eigenvalue weighted by Gasteiger charge is -2.11. The van der Waals surface area contributed by atoms with Gasteiger partial charge in [0.15, 0.2) is 0 Å². The summed E-state index contributed by atoms with van der Waals surface area (Å²) in [4.78, 5) is 11.7. The summed E-state index contributed by atoms with van der Waals surface area (Å²) >= 11 is 0. The van der Waals surface area contributed by atoms with Gasteiger partial charge < -0.3 is 4.74 Å². The van der Waals surface area contributed by atoms with E-state index in [-0.39, 0.29) is 5.97 Å². The van der Waals surface area contributed by atoms with E-state index in [0.717, 1.165) is 18.0 Å². The third-order valence-corrected chi connectivity index (χ3v) is 3.12. The van der Waals surface area contributed by atoms with Crippen LogP contribution >= 0.6 is 0 Å². The Labute approximate surface area is 111 Å². The van der Waals surface area contributed by atoms with Crippen LogP contribution < -0.4 is 10.0 Å². The summed E-state index contributed by atoms with van der Waals surface area (Å²) in [6, 6.07) is 17.5. The van der Waals surface area contributed by atoms with Gasteiger partial charge in [-0.05, 0) is 24.3 Å². The Balaban J connectivity index is 1.88. The number of methoxy groups -OCH3 is 1. The molecule has 2 aromatic rings. The van der Waals surface area contributed by atoms with Crippen molar-refractivity contribution in [2.24, 2.45) is 0 Å². The first-order valence-electron chi connectivity index (χ1n) is 6.08. The van der Waals surface area contributed by atoms with Gasteiger partial charge in [-0.1, -0.05) is 30.3 Å². The van der Waals surface area contributed by atoms with Crippen LogP contribution in [0.15, 0.2) is 54.6 Å². The van der Waals surface area contributed by atoms with Crippen molar-refractivity contribution in [1.82, 2.24) is 0 Å². The van der Waals surface area contributed by atoms with E-state index >= 15 is 0 Å². The van der Waals surface area contributed by atoms with E-state index in [0.29, 0.717) is 5.56 Å². The predicted molar refractivity (Wildman–Crippen MR) is 74.0 cm³/mol. The van der Waals surface area contributed by atoms with Crippen molar-refractivity contribution in [3.63, 3.8) is 0 Å². The van der Waals surface area contributed by atoms with Crippen molar-refractivity contribution in [3.05, 3.63) is 60.2 Å². The van der Waals surface area contributed by atoms with Crippen molar-refractivity contribution < 1.29 is 9.53 Å². The molecule has 0 bridgehead atoms. The molecule has 0 aromatic heterocycles. The number of esters is 1. The molecule has 0 radical (unpaired) electrons. The molecule has 1 aliphatic heterocycles. The summed E-state index contributed by atoms with van der Waals surface area (Å²) in [5.74, 6) is -0.310. The zero-order valence-electron chi connectivity index (χ0n) is 10.6. The molecule has 1 heterocycles. The van der Waals surface area contributed by atoms with Gasteiger partial charge in [0.05, 0.1) is 24.0 Å². The van der Waals surface area contributed by atoms with Crippen LogP contribution in [-0.4, -0.2) is 19.7 Å². The standard InChI is InChI=1S/C15H14N2O2/c1-19-15(18)13-9-5-6-10-14(13)17-11-16(17)12-7-3-2-4-8-12/h2-10H,11H2,1H3. The number of carbonyl (C=O) groups is 1. The molecule has 0 aliphatic carbocycles. The normalized spacial score (nSPS) is 13.3. The average Bonchev–Trinajstić information content (AvgIpc) is 3.28. The smallest absolute Gasteiger partial charge is 0.340 e. The largest absolute Gasteiger partial charge is 0.465 e. The molecule has 96 valence electrons. The van der Waals surface area contributed by atoms with Crippen molar-refractivity contribution >= 4 is 17.3 Å². The van der Waals surface area contributed by atoms with E-state index in [1.54, 1.807) is 6.07 Å². The highest BCUT2D eigenvalue weighted by molar-refractivity contribution is 5.97. The molecule has 0 amide bonds. The lowest BCUT2D eigenvalue weighted by Crippen LogP contribution is -2.10. The van der Waals surface area contributed by atoms with Crippen LogP contribution in [0, 0.1) is 0 Å². The number of anilines is 2. The molecule has 4 nitrogen and oxygen atoms in total. The van der Waals surface area contributed by atoms with Gasteiger partial charge in [-0.25, -0.2) is 4.79 Å². The van der Waals surface area contributed by atoms with Gasteiger partial charge in [-0.3, -0.25) is 10.0 Å². The van der Waals surface area contributed by atoms with Gasteiger partial charge in [0, 0.05) is 0 Å². The summed E-state index contributed by atoms with van der Waals surface area (Å²) in [6.45, 7) is 0.776. The molecule has 0 saturated carbocycles. The lowest BCUT2D eigenvalue weighted by molar-refractivity contribution is 0.0601. The number of benzene rings is 2. The van der Waals surface area contributed by atoms with Crippen molar-refractivity contribution in [3.8, 4) is 0 Å². The van der Waals surface area contributed by atoms with Gasteiger partial charge >= 0.3 is 5.97 Å². The van der Waals surface area contributed by atoms with Crippen LogP contribution in [0.4, 0.5) is 11.4 Å². The maximum Gasteiger partial charge on any atom is 0.340 e. The maximum atomic E-state index is 11.7. The molecule has 4 heteroatoms. The summed E-state index contributed by atoms with van der Waals surface area (Å²) in [5.41, 5.74) is 2.57. The van der Waals surface area contributed by atoms with E-state index < -0.39 is 0 Å². The summed E-state index contributed by atoms with van der Waals surface area (Å²) in [6.07, 6.45) is 0. The number of hydrogen-bond donors (Lipinski definition) is 0. The second-order valence-corrected chi connectivity index (χ2v) is 4.28. The van der Waals surface area contributed by atoms with Crippen molar-refractivity contribution in [2.75, 3.05) is 23.8 Å². The Bertz CT molecular complexity index is 598. The summed E-state index contributed by atoms with van der Waals surface area (Å²) < 4.78 is 4.81. The van der Waals surface area contributed by atoms with Crippen molar-refractivity contribution in [2.45, 2.75) is 0 Å². The molecule has 0 atom stereocenters. The quantitative estimate of drug-likeness (QED) is 0.622. The first-order chi connectivity index (χ1) is 9.31. The van der Waals surface area contributed by atoms with Gasteiger partial charge in [0.25, 0.3) is 0 Å². The summed E-state index contributed by atoms with van der Waals surface area (Å²) in [5, 5.41) is 4.14. The van der Waals surface area contributed by atoms with E-state index in [1.807, 2.05) is 53.5 Å². The summed E-state index contributed by atoms with van der Waals surface area (Å²) in [7, 11) is 1.40. The maximum absolute atomic E-state index is 11.7. The monoisotopic (exact) mass is 254 g/mol. The highest BCUT2D eigenvalue weighted by Gasteiger charge is 2.34. The van der Waals surface area contributed by atoms with Crippen LogP contribution in [0.25, 0.3) is 0 Å². The van der Waals surface area contributed by atoms with E-state index in [1.165, 1.54) is 7.11 Å². The van der Waals surface area contributed by atoms with Crippen LogP contribution in [0.2, 0.25) is 0 Å². The van der Waals surface area contributed by atoms with Crippen molar-refractivity contribution in [1.29, 1.82) is 0 Å². The van der Waals surface area contributed by atoms with Gasteiger partial charge in [0.2, 0.25) is 0 Å². The highest BCUT2D eigenvalue weighted by Crippen LogP contribution is 2.34. The predicted octanol–water partition coefficient (Wildman–Crippen LogP) is 2.67. The molecule has 2 aromatic carbocycles. The number of hydrogen-bond acceptors (Lipinski definition) is 4. The first kappa shape index (κ1) is 11.6. The van der Waals surface area contributed by atoms with Crippen LogP contribution in [0.3, 0.4) is 0 Å². The Morgan fingerprint density at radius 2 is 1.68 bits per heavy atom. The second-order valence-electron chi connectivity index (χ2n) is 4.28. The zero-order chi connectivity index (χ0) is 13.2. The number of ether oxygens (including phenoxy) is 1. The SMILES string of the molecule is COC(=O)c1ccccc1N1CN1c1ccccc1. The first-order valence-corrected chi connectivity index (χ1v) is 6.08. The molecule has 1 fully saturated rings. The zero-order valence-corrected chi connectivity index (χ0v) is 10.6. The van der Waals surface area contributed by atoms with Crippen LogP contribution in [-0.2, 0) is 4.74 Å². The van der Waals surface area contributed by atoms with Crippen LogP contribution in [0.1, 0.15) is 10.4 Å². The molecule has 19 heavy (non-hydrogen) atoms. The van der Waals surface area contributed by atoms with Gasteiger partial charge in [-0.2, -0.15) is 0 Å². The molecule has 1 saturated heterocycles. The van der Waals surface area contributed by atoms with Gasteiger partial charge in [-0.15, -0.1) is 0 Å². The third kappa shape index (κ3) is 2.12. The fraction of sp³-hybridized carbons (Fsp3) is 0.133. The molecule has 3 rings (SSSR count). The fourth-order valence-corrected chi connectivity index (χ4v) is 2.11. The van der Waals surface area contributed by atoms with Gasteiger partial charge in [0.1, 0.15) is 6.67 Å². The fourth-order valence-electron chi connectivity index (χ4n) is 2.11.